The Labute approximate surface area is 234 Å². The fraction of sp³-hybridized carbons (Fsp3) is 0.344. The Morgan fingerprint density at radius 2 is 1.43 bits per heavy atom. The lowest BCUT2D eigenvalue weighted by molar-refractivity contribution is -0.149. The molecule has 4 rings (SSSR count). The fourth-order valence-corrected chi connectivity index (χ4v) is 5.16. The van der Waals surface area contributed by atoms with Gasteiger partial charge >= 0.3 is 12.1 Å². The van der Waals surface area contributed by atoms with Gasteiger partial charge in [0.15, 0.2) is 11.8 Å². The van der Waals surface area contributed by atoms with Crippen LogP contribution in [0.3, 0.4) is 0 Å². The SMILES string of the molecule is O=C(O)C(C(=O)C(Cc1ccc(O)cc1)NCc1ccccc1)N(C(=O)OCc1ccccc1)C1CCCCC1. The molecule has 0 spiro atoms. The van der Waals surface area contributed by atoms with E-state index in [1.54, 1.807) is 12.1 Å². The second-order valence-corrected chi connectivity index (χ2v) is 10.2. The lowest BCUT2D eigenvalue weighted by atomic mass is 9.91. The average molecular weight is 545 g/mol. The molecule has 2 unspecified atom stereocenters. The molecule has 1 aliphatic carbocycles. The zero-order valence-electron chi connectivity index (χ0n) is 22.4. The van der Waals surface area contributed by atoms with Gasteiger partial charge in [-0.3, -0.25) is 9.69 Å². The molecular formula is C32H36N2O6. The zero-order valence-corrected chi connectivity index (χ0v) is 22.4. The highest BCUT2D eigenvalue weighted by molar-refractivity contribution is 6.07. The zero-order chi connectivity index (χ0) is 28.3. The maximum Gasteiger partial charge on any atom is 0.411 e. The van der Waals surface area contributed by atoms with Crippen LogP contribution in [0, 0.1) is 0 Å². The van der Waals surface area contributed by atoms with E-state index in [9.17, 15) is 24.6 Å². The summed E-state index contributed by atoms with van der Waals surface area (Å²) in [6, 6.07) is 22.1. The molecule has 8 heteroatoms. The van der Waals surface area contributed by atoms with Crippen molar-refractivity contribution in [2.75, 3.05) is 0 Å². The number of ketones is 1. The average Bonchev–Trinajstić information content (AvgIpc) is 2.98. The minimum absolute atomic E-state index is 0.0212. The molecule has 0 saturated heterocycles. The number of phenols is 1. The van der Waals surface area contributed by atoms with Gasteiger partial charge in [-0.05, 0) is 48.1 Å². The molecule has 3 aromatic rings. The molecule has 1 saturated carbocycles. The minimum Gasteiger partial charge on any atom is -0.508 e. The summed E-state index contributed by atoms with van der Waals surface area (Å²) in [6.07, 6.45) is 3.29. The van der Waals surface area contributed by atoms with Gasteiger partial charge in [0.2, 0.25) is 0 Å². The van der Waals surface area contributed by atoms with E-state index in [0.717, 1.165) is 36.0 Å². The topological polar surface area (TPSA) is 116 Å². The number of hydrogen-bond acceptors (Lipinski definition) is 6. The summed E-state index contributed by atoms with van der Waals surface area (Å²) in [6.45, 7) is 0.316. The summed E-state index contributed by atoms with van der Waals surface area (Å²) in [5.74, 6) is -1.90. The number of nitrogens with zero attached hydrogens (tertiary/aromatic N) is 1. The molecule has 0 radical (unpaired) electrons. The number of nitrogens with one attached hydrogen (secondary N) is 1. The van der Waals surface area contributed by atoms with Crippen LogP contribution in [-0.2, 0) is 33.9 Å². The van der Waals surface area contributed by atoms with Gasteiger partial charge < -0.3 is 20.3 Å². The number of Topliss-reactive ketones (excluding diaryl/α,β-unsaturated/α-hetero) is 1. The maximum atomic E-state index is 14.1. The van der Waals surface area contributed by atoms with Crippen LogP contribution in [0.1, 0.15) is 48.8 Å². The van der Waals surface area contributed by atoms with Crippen LogP contribution in [0.25, 0.3) is 0 Å². The summed E-state index contributed by atoms with van der Waals surface area (Å²) in [7, 11) is 0. The molecule has 1 fully saturated rings. The van der Waals surface area contributed by atoms with Crippen molar-refractivity contribution in [2.24, 2.45) is 0 Å². The standard InChI is InChI=1S/C32H36N2O6/c35-27-18-16-23(17-19-27)20-28(33-21-24-10-4-1-5-11-24)30(36)29(31(37)38)34(26-14-8-3-9-15-26)32(39)40-22-25-12-6-2-7-13-25/h1-2,4-7,10-13,16-19,26,28-29,33,35H,3,8-9,14-15,20-22H2,(H,37,38). The molecule has 2 atom stereocenters. The van der Waals surface area contributed by atoms with E-state index in [1.165, 1.54) is 17.0 Å². The first-order chi connectivity index (χ1) is 19.4. The molecule has 3 N–H and O–H groups in total. The summed E-state index contributed by atoms with van der Waals surface area (Å²) < 4.78 is 5.59. The van der Waals surface area contributed by atoms with E-state index in [1.807, 2.05) is 60.7 Å². The molecule has 1 amide bonds. The molecule has 0 heterocycles. The molecule has 0 aliphatic heterocycles. The number of carboxylic acid groups (broad SMARTS) is 1. The van der Waals surface area contributed by atoms with Crippen LogP contribution < -0.4 is 5.32 Å². The second-order valence-electron chi connectivity index (χ2n) is 10.2. The third-order valence-electron chi connectivity index (χ3n) is 7.28. The van der Waals surface area contributed by atoms with Gasteiger partial charge in [0.1, 0.15) is 12.4 Å². The highest BCUT2D eigenvalue weighted by atomic mass is 16.6. The molecule has 8 nitrogen and oxygen atoms in total. The van der Waals surface area contributed by atoms with Gasteiger partial charge in [0.05, 0.1) is 6.04 Å². The van der Waals surface area contributed by atoms with E-state index in [4.69, 9.17) is 4.74 Å². The van der Waals surface area contributed by atoms with Crippen molar-refractivity contribution in [1.82, 2.24) is 10.2 Å². The van der Waals surface area contributed by atoms with Crippen molar-refractivity contribution in [1.29, 1.82) is 0 Å². The Kier molecular flexibility index (Phi) is 10.3. The van der Waals surface area contributed by atoms with Gasteiger partial charge in [-0.15, -0.1) is 0 Å². The van der Waals surface area contributed by atoms with E-state index in [2.05, 4.69) is 5.32 Å². The van der Waals surface area contributed by atoms with Gasteiger partial charge in [-0.2, -0.15) is 0 Å². The monoisotopic (exact) mass is 544 g/mol. The Morgan fingerprint density at radius 3 is 2.02 bits per heavy atom. The first kappa shape index (κ1) is 28.8. The number of hydrogen-bond donors (Lipinski definition) is 3. The van der Waals surface area contributed by atoms with Gasteiger partial charge in [0.25, 0.3) is 0 Å². The number of rotatable bonds is 12. The number of carboxylic acids is 1. The van der Waals surface area contributed by atoms with Crippen LogP contribution in [0.4, 0.5) is 4.79 Å². The van der Waals surface area contributed by atoms with Crippen molar-refractivity contribution >= 4 is 17.8 Å². The number of ether oxygens (including phenoxy) is 1. The van der Waals surface area contributed by atoms with E-state index < -0.39 is 36.0 Å². The largest absolute Gasteiger partial charge is 0.508 e. The first-order valence-electron chi connectivity index (χ1n) is 13.7. The van der Waals surface area contributed by atoms with Crippen LogP contribution in [0.5, 0.6) is 5.75 Å². The maximum absolute atomic E-state index is 14.1. The summed E-state index contributed by atoms with van der Waals surface area (Å²) >= 11 is 0. The van der Waals surface area contributed by atoms with Gasteiger partial charge in [-0.25, -0.2) is 9.59 Å². The van der Waals surface area contributed by atoms with E-state index >= 15 is 0 Å². The molecule has 0 bridgehead atoms. The molecule has 210 valence electrons. The third-order valence-corrected chi connectivity index (χ3v) is 7.28. The normalized spacial score (nSPS) is 15.1. The number of aliphatic carboxylic acids is 1. The quantitative estimate of drug-likeness (QED) is 0.272. The number of benzene rings is 3. The predicted octanol–water partition coefficient (Wildman–Crippen LogP) is 5.09. The highest BCUT2D eigenvalue weighted by Crippen LogP contribution is 2.27. The molecule has 3 aromatic carbocycles. The highest BCUT2D eigenvalue weighted by Gasteiger charge is 2.43. The molecule has 1 aliphatic rings. The molecule has 0 aromatic heterocycles. The van der Waals surface area contributed by atoms with Gasteiger partial charge in [0, 0.05) is 12.6 Å². The first-order valence-corrected chi connectivity index (χ1v) is 13.7. The Bertz CT molecular complexity index is 1240. The summed E-state index contributed by atoms with van der Waals surface area (Å²) in [4.78, 5) is 41.5. The van der Waals surface area contributed by atoms with Crippen LogP contribution in [-0.4, -0.2) is 51.1 Å². The molecule has 40 heavy (non-hydrogen) atoms. The number of amides is 1. The van der Waals surface area contributed by atoms with Crippen molar-refractivity contribution < 1.29 is 29.3 Å². The number of carbonyl (C=O) groups excluding carboxylic acids is 2. The summed E-state index contributed by atoms with van der Waals surface area (Å²) in [5, 5.41) is 23.3. The minimum atomic E-state index is -1.71. The van der Waals surface area contributed by atoms with Crippen LogP contribution >= 0.6 is 0 Å². The van der Waals surface area contributed by atoms with Crippen LogP contribution in [0.2, 0.25) is 0 Å². The lowest BCUT2D eigenvalue weighted by Gasteiger charge is -2.37. The van der Waals surface area contributed by atoms with Gasteiger partial charge in [-0.1, -0.05) is 92.1 Å². The Hall–Kier alpha value is -4.17. The number of carbonyl (C=O) groups is 3. The predicted molar refractivity (Wildman–Crippen MR) is 151 cm³/mol. The second kappa shape index (κ2) is 14.3. The third kappa shape index (κ3) is 7.93. The van der Waals surface area contributed by atoms with Crippen molar-refractivity contribution in [3.8, 4) is 5.75 Å². The number of phenolic OH excluding ortho intramolecular Hbond substituents is 1. The Morgan fingerprint density at radius 1 is 0.825 bits per heavy atom. The van der Waals surface area contributed by atoms with E-state index in [-0.39, 0.29) is 18.8 Å². The van der Waals surface area contributed by atoms with Crippen molar-refractivity contribution in [3.63, 3.8) is 0 Å². The van der Waals surface area contributed by atoms with E-state index in [0.29, 0.717) is 19.4 Å². The number of aromatic hydroxyl groups is 1. The van der Waals surface area contributed by atoms with Crippen molar-refractivity contribution in [2.45, 2.75) is 69.8 Å². The van der Waals surface area contributed by atoms with Crippen LogP contribution in [0.15, 0.2) is 84.9 Å². The molecular weight excluding hydrogens is 508 g/mol. The Balaban J connectivity index is 1.61. The van der Waals surface area contributed by atoms with Crippen molar-refractivity contribution in [3.05, 3.63) is 102 Å². The lowest BCUT2D eigenvalue weighted by Crippen LogP contribution is -2.59. The summed E-state index contributed by atoms with van der Waals surface area (Å²) in [5.41, 5.74) is 2.45. The smallest absolute Gasteiger partial charge is 0.411 e. The fourth-order valence-electron chi connectivity index (χ4n) is 5.16.